The topological polar surface area (TPSA) is 67.9 Å². The normalized spacial score (nSPS) is 21.7. The number of nitrogens with one attached hydrogen (secondary N) is 1. The largest absolute Gasteiger partial charge is 0.444 e. The summed E-state index contributed by atoms with van der Waals surface area (Å²) in [6.07, 6.45) is 2.16. The van der Waals surface area contributed by atoms with Crippen LogP contribution in [-0.2, 0) is 9.47 Å². The molecule has 1 aliphatic heterocycles. The van der Waals surface area contributed by atoms with Crippen LogP contribution in [-0.4, -0.2) is 46.9 Å². The number of nitrogens with zero attached hydrogens (tertiary/aromatic N) is 1. The minimum Gasteiger partial charge on any atom is -0.444 e. The molecule has 6 heteroatoms. The Hall–Kier alpha value is -1.72. The smallest absolute Gasteiger partial charge is 0.410 e. The Labute approximate surface area is 139 Å². The van der Waals surface area contributed by atoms with Crippen LogP contribution in [0.4, 0.5) is 9.59 Å². The van der Waals surface area contributed by atoms with Crippen molar-refractivity contribution < 1.29 is 19.1 Å². The summed E-state index contributed by atoms with van der Waals surface area (Å²) in [7, 11) is 0. The van der Waals surface area contributed by atoms with Crippen LogP contribution in [0.3, 0.4) is 0 Å². The van der Waals surface area contributed by atoms with Gasteiger partial charge in [0.05, 0.1) is 12.1 Å². The summed E-state index contributed by atoms with van der Waals surface area (Å²) in [4.78, 5) is 26.0. The molecule has 1 N–H and O–H groups in total. The Morgan fingerprint density at radius 2 is 1.74 bits per heavy atom. The zero-order chi connectivity index (χ0) is 17.8. The van der Waals surface area contributed by atoms with Gasteiger partial charge in [0.1, 0.15) is 11.2 Å². The monoisotopic (exact) mass is 326 g/mol. The summed E-state index contributed by atoms with van der Waals surface area (Å²) in [6, 6.07) is -0.342. The summed E-state index contributed by atoms with van der Waals surface area (Å²) < 4.78 is 10.7. The number of likely N-dealkylation sites (tertiary alicyclic amines) is 1. The fraction of sp³-hybridized carbons (Fsp3) is 0.765. The minimum absolute atomic E-state index is 0.171. The lowest BCUT2D eigenvalue weighted by Crippen LogP contribution is -2.48. The number of hydrogen-bond donors (Lipinski definition) is 1. The molecule has 0 aromatic rings. The second-order valence-electron chi connectivity index (χ2n) is 7.81. The molecule has 6 nitrogen and oxygen atoms in total. The van der Waals surface area contributed by atoms with Crippen LogP contribution in [0, 0.1) is 0 Å². The summed E-state index contributed by atoms with van der Waals surface area (Å²) >= 11 is 0. The average molecular weight is 326 g/mol. The molecule has 23 heavy (non-hydrogen) atoms. The van der Waals surface area contributed by atoms with Gasteiger partial charge >= 0.3 is 12.2 Å². The van der Waals surface area contributed by atoms with E-state index in [2.05, 4.69) is 11.9 Å². The highest BCUT2D eigenvalue weighted by Crippen LogP contribution is 2.24. The van der Waals surface area contributed by atoms with Gasteiger partial charge in [0.2, 0.25) is 0 Å². The molecule has 2 amide bonds. The zero-order valence-electron chi connectivity index (χ0n) is 15.1. The minimum atomic E-state index is -0.554. The molecule has 1 fully saturated rings. The van der Waals surface area contributed by atoms with Gasteiger partial charge in [-0.2, -0.15) is 0 Å². The number of amides is 2. The summed E-state index contributed by atoms with van der Waals surface area (Å²) in [5.74, 6) is 0. The van der Waals surface area contributed by atoms with Crippen molar-refractivity contribution in [1.29, 1.82) is 0 Å². The number of alkyl carbamates (subject to hydrolysis) is 1. The standard InChI is InChI=1S/C17H30N2O4/c1-8-9-13-12(18-14(20)22-16(2,3)4)10-11-19(13)15(21)23-17(5,6)7/h8,12-13H,1,9-11H2,2-7H3,(H,18,20)/t12-,13-/m1/s1. The number of ether oxygens (including phenoxy) is 2. The number of rotatable bonds is 3. The average Bonchev–Trinajstić information content (AvgIpc) is 2.68. The molecule has 0 aromatic carbocycles. The van der Waals surface area contributed by atoms with Crippen molar-refractivity contribution in [3.05, 3.63) is 12.7 Å². The van der Waals surface area contributed by atoms with Crippen LogP contribution >= 0.6 is 0 Å². The molecule has 1 heterocycles. The van der Waals surface area contributed by atoms with E-state index >= 15 is 0 Å². The lowest BCUT2D eigenvalue weighted by molar-refractivity contribution is 0.0204. The lowest BCUT2D eigenvalue weighted by atomic mass is 10.1. The third-order valence-electron chi connectivity index (χ3n) is 3.28. The van der Waals surface area contributed by atoms with Crippen molar-refractivity contribution in [3.63, 3.8) is 0 Å². The summed E-state index contributed by atoms with van der Waals surface area (Å²) in [5, 5.41) is 2.86. The first-order valence-electron chi connectivity index (χ1n) is 8.03. The Morgan fingerprint density at radius 1 is 1.17 bits per heavy atom. The van der Waals surface area contributed by atoms with Crippen LogP contribution in [0.2, 0.25) is 0 Å². The van der Waals surface area contributed by atoms with Crippen molar-refractivity contribution in [2.75, 3.05) is 6.54 Å². The SMILES string of the molecule is C=CC[C@@H]1[C@H](NC(=O)OC(C)(C)C)CCN1C(=O)OC(C)(C)C. The maximum Gasteiger partial charge on any atom is 0.410 e. The van der Waals surface area contributed by atoms with E-state index in [1.165, 1.54) is 0 Å². The molecule has 2 atom stereocenters. The zero-order valence-corrected chi connectivity index (χ0v) is 15.1. The van der Waals surface area contributed by atoms with Crippen LogP contribution in [0.5, 0.6) is 0 Å². The van der Waals surface area contributed by atoms with E-state index in [4.69, 9.17) is 9.47 Å². The van der Waals surface area contributed by atoms with E-state index in [1.807, 2.05) is 41.5 Å². The van der Waals surface area contributed by atoms with E-state index in [0.717, 1.165) is 0 Å². The van der Waals surface area contributed by atoms with E-state index < -0.39 is 17.3 Å². The van der Waals surface area contributed by atoms with Crippen molar-refractivity contribution in [3.8, 4) is 0 Å². The van der Waals surface area contributed by atoms with E-state index in [1.54, 1.807) is 11.0 Å². The maximum absolute atomic E-state index is 12.3. The molecule has 0 aromatic heterocycles. The molecule has 132 valence electrons. The van der Waals surface area contributed by atoms with Crippen LogP contribution in [0.15, 0.2) is 12.7 Å². The summed E-state index contributed by atoms with van der Waals surface area (Å²) in [5.41, 5.74) is -1.10. The van der Waals surface area contributed by atoms with Gasteiger partial charge in [-0.15, -0.1) is 6.58 Å². The Morgan fingerprint density at radius 3 is 2.22 bits per heavy atom. The fourth-order valence-corrected chi connectivity index (χ4v) is 2.49. The van der Waals surface area contributed by atoms with Gasteiger partial charge in [0, 0.05) is 6.54 Å². The number of hydrogen-bond acceptors (Lipinski definition) is 4. The van der Waals surface area contributed by atoms with Crippen LogP contribution < -0.4 is 5.32 Å². The molecule has 0 radical (unpaired) electrons. The highest BCUT2D eigenvalue weighted by molar-refractivity contribution is 5.71. The Bertz CT molecular complexity index is 448. The number of carbonyl (C=O) groups is 2. The highest BCUT2D eigenvalue weighted by atomic mass is 16.6. The van der Waals surface area contributed by atoms with Crippen molar-refractivity contribution in [2.24, 2.45) is 0 Å². The molecule has 0 aliphatic carbocycles. The van der Waals surface area contributed by atoms with E-state index in [0.29, 0.717) is 19.4 Å². The Balaban J connectivity index is 2.74. The van der Waals surface area contributed by atoms with Gasteiger partial charge in [0.25, 0.3) is 0 Å². The third kappa shape index (κ3) is 6.50. The maximum atomic E-state index is 12.3. The molecular formula is C17H30N2O4. The molecule has 0 bridgehead atoms. The molecule has 0 saturated carbocycles. The molecule has 1 saturated heterocycles. The van der Waals surface area contributed by atoms with E-state index in [-0.39, 0.29) is 18.2 Å². The lowest BCUT2D eigenvalue weighted by Gasteiger charge is -2.30. The number of carbonyl (C=O) groups excluding carboxylic acids is 2. The third-order valence-corrected chi connectivity index (χ3v) is 3.28. The van der Waals surface area contributed by atoms with Crippen molar-refractivity contribution in [1.82, 2.24) is 10.2 Å². The first-order chi connectivity index (χ1) is 10.4. The van der Waals surface area contributed by atoms with Crippen LogP contribution in [0.1, 0.15) is 54.4 Å². The van der Waals surface area contributed by atoms with Crippen LogP contribution in [0.25, 0.3) is 0 Å². The molecule has 0 spiro atoms. The Kier molecular flexibility index (Phi) is 6.08. The van der Waals surface area contributed by atoms with Gasteiger partial charge in [-0.05, 0) is 54.4 Å². The van der Waals surface area contributed by atoms with Gasteiger partial charge in [-0.3, -0.25) is 0 Å². The molecular weight excluding hydrogens is 296 g/mol. The quantitative estimate of drug-likeness (QED) is 0.806. The first kappa shape index (κ1) is 19.3. The second kappa shape index (κ2) is 7.23. The van der Waals surface area contributed by atoms with Gasteiger partial charge < -0.3 is 19.7 Å². The van der Waals surface area contributed by atoms with Gasteiger partial charge in [-0.25, -0.2) is 9.59 Å². The molecule has 1 aliphatic rings. The molecule has 0 unspecified atom stereocenters. The highest BCUT2D eigenvalue weighted by Gasteiger charge is 2.39. The van der Waals surface area contributed by atoms with Crippen molar-refractivity contribution in [2.45, 2.75) is 77.7 Å². The first-order valence-corrected chi connectivity index (χ1v) is 8.03. The summed E-state index contributed by atoms with van der Waals surface area (Å²) in [6.45, 7) is 15.2. The van der Waals surface area contributed by atoms with Crippen molar-refractivity contribution >= 4 is 12.2 Å². The van der Waals surface area contributed by atoms with Gasteiger partial charge in [-0.1, -0.05) is 6.08 Å². The fourth-order valence-electron chi connectivity index (χ4n) is 2.49. The van der Waals surface area contributed by atoms with Gasteiger partial charge in [0.15, 0.2) is 0 Å². The molecule has 1 rings (SSSR count). The predicted octanol–water partition coefficient (Wildman–Crippen LogP) is 3.47. The van der Waals surface area contributed by atoms with E-state index in [9.17, 15) is 9.59 Å². The second-order valence-corrected chi connectivity index (χ2v) is 7.81. The predicted molar refractivity (Wildman–Crippen MR) is 89.3 cm³/mol.